The molecule has 0 radical (unpaired) electrons. The lowest BCUT2D eigenvalue weighted by Gasteiger charge is -2.33. The van der Waals surface area contributed by atoms with Crippen LogP contribution in [0.3, 0.4) is 0 Å². The van der Waals surface area contributed by atoms with Crippen LogP contribution in [-0.4, -0.2) is 41.1 Å². The Bertz CT molecular complexity index is 892. The zero-order valence-corrected chi connectivity index (χ0v) is 18.1. The molecule has 4 atom stereocenters. The van der Waals surface area contributed by atoms with Crippen molar-refractivity contribution in [3.8, 4) is 0 Å². The Balaban J connectivity index is 1.13. The SMILES string of the molecule is O=C(COC(=O)C1CCC(N2C(=O)[C@H]3[C@@H]4CC[C@H](C4)[C@@H]3C2=O)CC1)c1ccc(Cl)cc1. The number of nitrogens with zero attached hydrogens (tertiary/aromatic N) is 1. The van der Waals surface area contributed by atoms with E-state index < -0.39 is 0 Å². The van der Waals surface area contributed by atoms with Gasteiger partial charge in [0, 0.05) is 16.6 Å². The Morgan fingerprint density at radius 2 is 1.48 bits per heavy atom. The van der Waals surface area contributed by atoms with Crippen LogP contribution in [0.2, 0.25) is 5.02 Å². The molecule has 1 aliphatic heterocycles. The number of amides is 2. The molecule has 0 unspecified atom stereocenters. The Labute approximate surface area is 186 Å². The fourth-order valence-electron chi connectivity index (χ4n) is 6.34. The first-order valence-electron chi connectivity index (χ1n) is 11.3. The smallest absolute Gasteiger partial charge is 0.309 e. The van der Waals surface area contributed by atoms with Crippen LogP contribution in [-0.2, 0) is 19.1 Å². The second-order valence-electron chi connectivity index (χ2n) is 9.47. The van der Waals surface area contributed by atoms with Gasteiger partial charge in [0.05, 0.1) is 17.8 Å². The lowest BCUT2D eigenvalue weighted by Crippen LogP contribution is -2.44. The molecule has 1 aromatic carbocycles. The van der Waals surface area contributed by atoms with Crippen molar-refractivity contribution in [1.82, 2.24) is 4.90 Å². The number of rotatable bonds is 5. The summed E-state index contributed by atoms with van der Waals surface area (Å²) < 4.78 is 5.26. The lowest BCUT2D eigenvalue weighted by molar-refractivity contribution is -0.149. The van der Waals surface area contributed by atoms with Crippen molar-refractivity contribution in [2.45, 2.75) is 51.0 Å². The molecular formula is C24H26ClNO5. The third-order valence-corrected chi connectivity index (χ3v) is 8.12. The van der Waals surface area contributed by atoms with Gasteiger partial charge in [0.25, 0.3) is 0 Å². The van der Waals surface area contributed by atoms with Crippen molar-refractivity contribution in [1.29, 1.82) is 0 Å². The summed E-state index contributed by atoms with van der Waals surface area (Å²) in [5.74, 6) is -0.285. The van der Waals surface area contributed by atoms with Gasteiger partial charge in [-0.1, -0.05) is 11.6 Å². The van der Waals surface area contributed by atoms with Gasteiger partial charge in [-0.05, 0) is 81.0 Å². The van der Waals surface area contributed by atoms with E-state index in [1.54, 1.807) is 29.2 Å². The van der Waals surface area contributed by atoms with Crippen LogP contribution in [0.15, 0.2) is 24.3 Å². The highest BCUT2D eigenvalue weighted by molar-refractivity contribution is 6.30. The van der Waals surface area contributed by atoms with Gasteiger partial charge in [-0.25, -0.2) is 0 Å². The van der Waals surface area contributed by atoms with E-state index in [2.05, 4.69) is 0 Å². The quantitative estimate of drug-likeness (QED) is 0.394. The normalized spacial score (nSPS) is 34.2. The molecule has 7 heteroatoms. The predicted octanol–water partition coefficient (Wildman–Crippen LogP) is 3.66. The number of esters is 1. The summed E-state index contributed by atoms with van der Waals surface area (Å²) in [5.41, 5.74) is 0.450. The Hall–Kier alpha value is -2.21. The molecule has 6 nitrogen and oxygen atoms in total. The van der Waals surface area contributed by atoms with Crippen molar-refractivity contribution in [3.05, 3.63) is 34.9 Å². The maximum absolute atomic E-state index is 13.0. The van der Waals surface area contributed by atoms with Crippen LogP contribution in [0.4, 0.5) is 0 Å². The van der Waals surface area contributed by atoms with E-state index in [0.29, 0.717) is 48.1 Å². The van der Waals surface area contributed by atoms with Crippen LogP contribution in [0.5, 0.6) is 0 Å². The molecule has 4 aliphatic rings. The number of likely N-dealkylation sites (tertiary alicyclic amines) is 1. The van der Waals surface area contributed by atoms with Crippen molar-refractivity contribution < 1.29 is 23.9 Å². The second-order valence-corrected chi connectivity index (χ2v) is 9.91. The maximum atomic E-state index is 13.0. The van der Waals surface area contributed by atoms with Gasteiger partial charge in [-0.3, -0.25) is 24.1 Å². The average Bonchev–Trinajstić information content (AvgIpc) is 3.46. The highest BCUT2D eigenvalue weighted by atomic mass is 35.5. The molecule has 4 fully saturated rings. The van der Waals surface area contributed by atoms with E-state index in [1.807, 2.05) is 0 Å². The zero-order chi connectivity index (χ0) is 21.7. The van der Waals surface area contributed by atoms with Crippen LogP contribution in [0.1, 0.15) is 55.3 Å². The van der Waals surface area contributed by atoms with Gasteiger partial charge >= 0.3 is 5.97 Å². The first-order valence-corrected chi connectivity index (χ1v) is 11.6. The summed E-state index contributed by atoms with van der Waals surface area (Å²) >= 11 is 5.82. The van der Waals surface area contributed by atoms with E-state index in [1.165, 1.54) is 0 Å². The number of benzene rings is 1. The summed E-state index contributed by atoms with van der Waals surface area (Å²) in [6.45, 7) is -0.296. The van der Waals surface area contributed by atoms with Gasteiger partial charge in [0.1, 0.15) is 0 Å². The molecule has 3 aliphatic carbocycles. The van der Waals surface area contributed by atoms with Gasteiger partial charge in [-0.15, -0.1) is 0 Å². The number of hydrogen-bond acceptors (Lipinski definition) is 5. The number of ether oxygens (including phenoxy) is 1. The Kier molecular flexibility index (Phi) is 5.37. The van der Waals surface area contributed by atoms with Crippen molar-refractivity contribution in [2.75, 3.05) is 6.61 Å². The zero-order valence-electron chi connectivity index (χ0n) is 17.3. The standard InChI is InChI=1S/C24H26ClNO5/c25-17-7-3-13(4-8-17)19(27)12-31-24(30)14-5-9-18(10-6-14)26-22(28)20-15-1-2-16(11-15)21(20)23(26)29/h3-4,7-8,14-16,18,20-21H,1-2,5-6,9-12H2/t14?,15-,16-,18?,20+,21+/m1/s1. The van der Waals surface area contributed by atoms with E-state index in [-0.39, 0.29) is 54.0 Å². The van der Waals surface area contributed by atoms with E-state index in [9.17, 15) is 19.2 Å². The molecule has 1 saturated heterocycles. The average molecular weight is 444 g/mol. The molecule has 2 amide bonds. The first kappa shape index (κ1) is 20.7. The molecule has 1 aromatic rings. The number of carbonyl (C=O) groups is 4. The summed E-state index contributed by atoms with van der Waals surface area (Å²) in [6, 6.07) is 6.35. The number of halogens is 1. The first-order chi connectivity index (χ1) is 14.9. The minimum Gasteiger partial charge on any atom is -0.457 e. The second kappa shape index (κ2) is 8.05. The number of Topliss-reactive ketones (excluding diaryl/α,β-unsaturated/α-hetero) is 1. The summed E-state index contributed by atoms with van der Waals surface area (Å²) in [7, 11) is 0. The number of imide groups is 1. The number of ketones is 1. The minimum absolute atomic E-state index is 0.0294. The monoisotopic (exact) mass is 443 g/mol. The summed E-state index contributed by atoms with van der Waals surface area (Å²) in [6.07, 6.45) is 5.57. The van der Waals surface area contributed by atoms with Gasteiger partial charge in [-0.2, -0.15) is 0 Å². The highest BCUT2D eigenvalue weighted by Crippen LogP contribution is 2.56. The minimum atomic E-state index is -0.380. The van der Waals surface area contributed by atoms with Crippen LogP contribution >= 0.6 is 11.6 Å². The number of hydrogen-bond donors (Lipinski definition) is 0. The predicted molar refractivity (Wildman–Crippen MR) is 112 cm³/mol. The molecule has 0 N–H and O–H groups in total. The van der Waals surface area contributed by atoms with E-state index >= 15 is 0 Å². The highest BCUT2D eigenvalue weighted by Gasteiger charge is 2.61. The number of fused-ring (bicyclic) bond motifs is 5. The fraction of sp³-hybridized carbons (Fsp3) is 0.583. The molecule has 0 aromatic heterocycles. The largest absolute Gasteiger partial charge is 0.457 e. The van der Waals surface area contributed by atoms with Crippen molar-refractivity contribution in [3.63, 3.8) is 0 Å². The third-order valence-electron chi connectivity index (χ3n) is 7.87. The Morgan fingerprint density at radius 3 is 2.06 bits per heavy atom. The van der Waals surface area contributed by atoms with Crippen LogP contribution in [0, 0.1) is 29.6 Å². The molecule has 1 heterocycles. The van der Waals surface area contributed by atoms with Crippen LogP contribution < -0.4 is 0 Å². The van der Waals surface area contributed by atoms with Gasteiger partial charge < -0.3 is 4.74 Å². The maximum Gasteiger partial charge on any atom is 0.309 e. The lowest BCUT2D eigenvalue weighted by atomic mass is 9.81. The molecule has 3 saturated carbocycles. The van der Waals surface area contributed by atoms with Gasteiger partial charge in [0.15, 0.2) is 12.4 Å². The molecule has 2 bridgehead atoms. The molecular weight excluding hydrogens is 418 g/mol. The third kappa shape index (κ3) is 3.59. The molecule has 31 heavy (non-hydrogen) atoms. The van der Waals surface area contributed by atoms with Crippen LogP contribution in [0.25, 0.3) is 0 Å². The van der Waals surface area contributed by atoms with E-state index in [0.717, 1.165) is 19.3 Å². The molecule has 5 rings (SSSR count). The van der Waals surface area contributed by atoms with Gasteiger partial charge in [0.2, 0.25) is 11.8 Å². The topological polar surface area (TPSA) is 80.8 Å². The fourth-order valence-corrected chi connectivity index (χ4v) is 6.46. The number of carbonyl (C=O) groups excluding carboxylic acids is 4. The van der Waals surface area contributed by atoms with Crippen molar-refractivity contribution >= 4 is 35.2 Å². The summed E-state index contributed by atoms with van der Waals surface area (Å²) in [5, 5.41) is 0.538. The Morgan fingerprint density at radius 1 is 0.903 bits per heavy atom. The van der Waals surface area contributed by atoms with E-state index in [4.69, 9.17) is 16.3 Å². The summed E-state index contributed by atoms with van der Waals surface area (Å²) in [4.78, 5) is 52.2. The van der Waals surface area contributed by atoms with Crippen molar-refractivity contribution in [2.24, 2.45) is 29.6 Å². The molecule has 164 valence electrons. The molecule has 0 spiro atoms.